The van der Waals surface area contributed by atoms with Gasteiger partial charge in [-0.3, -0.25) is 9.20 Å². The Morgan fingerprint density at radius 2 is 2.00 bits per heavy atom. The fourth-order valence-corrected chi connectivity index (χ4v) is 3.22. The molecule has 0 radical (unpaired) electrons. The summed E-state index contributed by atoms with van der Waals surface area (Å²) in [5.74, 6) is 1.02. The highest BCUT2D eigenvalue weighted by atomic mass is 16.5. The molecular formula is C18H18N4O2. The number of rotatable bonds is 3. The first-order valence-electron chi connectivity index (χ1n) is 8.05. The van der Waals surface area contributed by atoms with E-state index in [4.69, 9.17) is 14.7 Å². The van der Waals surface area contributed by atoms with Crippen molar-refractivity contribution in [2.75, 3.05) is 0 Å². The number of hydrogen-bond acceptors (Lipinski definition) is 4. The summed E-state index contributed by atoms with van der Waals surface area (Å²) in [6.07, 6.45) is 2.81. The largest absolute Gasteiger partial charge is 0.424 e. The second kappa shape index (κ2) is 5.33. The molecule has 122 valence electrons. The number of esters is 1. The predicted molar refractivity (Wildman–Crippen MR) is 92.3 cm³/mol. The summed E-state index contributed by atoms with van der Waals surface area (Å²) in [5.41, 5.74) is 3.46. The van der Waals surface area contributed by atoms with Crippen molar-refractivity contribution in [1.29, 1.82) is 0 Å². The second-order valence-corrected chi connectivity index (χ2v) is 5.90. The molecule has 0 saturated heterocycles. The van der Waals surface area contributed by atoms with Gasteiger partial charge in [0.1, 0.15) is 16.9 Å². The molecule has 0 fully saturated rings. The number of imidazole rings is 1. The zero-order valence-electron chi connectivity index (χ0n) is 13.9. The third kappa shape index (κ3) is 2.06. The van der Waals surface area contributed by atoms with Gasteiger partial charge in [-0.15, -0.1) is 0 Å². The fourth-order valence-electron chi connectivity index (χ4n) is 3.22. The minimum atomic E-state index is -0.347. The molecule has 4 rings (SSSR count). The van der Waals surface area contributed by atoms with Gasteiger partial charge in [0.2, 0.25) is 0 Å². The number of aromatic nitrogens is 4. The van der Waals surface area contributed by atoms with Gasteiger partial charge in [0, 0.05) is 19.7 Å². The van der Waals surface area contributed by atoms with Crippen LogP contribution in [0.25, 0.3) is 27.7 Å². The van der Waals surface area contributed by atoms with Crippen LogP contribution in [-0.4, -0.2) is 24.9 Å². The zero-order valence-corrected chi connectivity index (χ0v) is 13.9. The van der Waals surface area contributed by atoms with Crippen molar-refractivity contribution in [3.63, 3.8) is 0 Å². The Labute approximate surface area is 138 Å². The Hall–Kier alpha value is -2.89. The van der Waals surface area contributed by atoms with Crippen LogP contribution in [0.2, 0.25) is 0 Å². The molecule has 0 aliphatic rings. The average Bonchev–Trinajstić information content (AvgIpc) is 3.06. The quantitative estimate of drug-likeness (QED) is 0.542. The van der Waals surface area contributed by atoms with E-state index in [9.17, 15) is 4.79 Å². The van der Waals surface area contributed by atoms with E-state index in [2.05, 4.69) is 6.92 Å². The summed E-state index contributed by atoms with van der Waals surface area (Å²) in [6.45, 7) is 6.28. The van der Waals surface area contributed by atoms with Crippen LogP contribution in [0, 0.1) is 6.92 Å². The predicted octanol–water partition coefficient (Wildman–Crippen LogP) is 3.48. The Morgan fingerprint density at radius 1 is 1.21 bits per heavy atom. The number of ether oxygens (including phenoxy) is 1. The van der Waals surface area contributed by atoms with Gasteiger partial charge in [0.15, 0.2) is 11.4 Å². The maximum absolute atomic E-state index is 11.5. The van der Waals surface area contributed by atoms with Crippen molar-refractivity contribution in [3.8, 4) is 5.75 Å². The number of carbonyl (C=O) groups excluding carboxylic acids is 1. The third-order valence-corrected chi connectivity index (χ3v) is 4.11. The highest BCUT2D eigenvalue weighted by molar-refractivity contribution is 6.00. The summed E-state index contributed by atoms with van der Waals surface area (Å²) in [7, 11) is 0. The normalized spacial score (nSPS) is 11.6. The van der Waals surface area contributed by atoms with Crippen LogP contribution in [0.3, 0.4) is 0 Å². The van der Waals surface area contributed by atoms with E-state index in [0.29, 0.717) is 5.75 Å². The van der Waals surface area contributed by atoms with Gasteiger partial charge in [-0.05, 0) is 25.5 Å². The first kappa shape index (κ1) is 14.7. The van der Waals surface area contributed by atoms with Gasteiger partial charge in [-0.2, -0.15) is 0 Å². The van der Waals surface area contributed by atoms with E-state index in [1.54, 1.807) is 0 Å². The SMILES string of the molecule is CCCn1cc(OC(C)=O)c2c1nc(C)n1c3ccccc3nc21. The van der Waals surface area contributed by atoms with Crippen LogP contribution in [0.1, 0.15) is 26.1 Å². The fraction of sp³-hybridized carbons (Fsp3) is 0.278. The maximum Gasteiger partial charge on any atom is 0.308 e. The summed E-state index contributed by atoms with van der Waals surface area (Å²) in [6, 6.07) is 7.94. The first-order chi connectivity index (χ1) is 11.6. The van der Waals surface area contributed by atoms with Crippen molar-refractivity contribution in [1.82, 2.24) is 18.9 Å². The molecule has 0 aliphatic heterocycles. The van der Waals surface area contributed by atoms with Crippen molar-refractivity contribution in [2.24, 2.45) is 0 Å². The molecule has 0 atom stereocenters. The highest BCUT2D eigenvalue weighted by Gasteiger charge is 2.20. The lowest BCUT2D eigenvalue weighted by atomic mass is 10.3. The molecule has 6 heteroatoms. The molecule has 24 heavy (non-hydrogen) atoms. The van der Waals surface area contributed by atoms with E-state index >= 15 is 0 Å². The molecule has 3 aromatic heterocycles. The number of fused-ring (bicyclic) bond motifs is 5. The van der Waals surface area contributed by atoms with Crippen molar-refractivity contribution >= 4 is 33.7 Å². The van der Waals surface area contributed by atoms with Crippen LogP contribution in [-0.2, 0) is 11.3 Å². The van der Waals surface area contributed by atoms with E-state index in [0.717, 1.165) is 46.5 Å². The molecule has 0 unspecified atom stereocenters. The summed E-state index contributed by atoms with van der Waals surface area (Å²) in [5, 5.41) is 0.778. The standard InChI is InChI=1S/C18H18N4O2/c1-4-9-21-10-15(24-12(3)23)16-17(21)19-11(2)22-14-8-6-5-7-13(14)20-18(16)22/h5-8,10H,4,9H2,1-3H3. The van der Waals surface area contributed by atoms with Gasteiger partial charge >= 0.3 is 5.97 Å². The van der Waals surface area contributed by atoms with Crippen LogP contribution in [0.4, 0.5) is 0 Å². The molecule has 1 aromatic carbocycles. The second-order valence-electron chi connectivity index (χ2n) is 5.90. The Kier molecular flexibility index (Phi) is 3.26. The molecule has 0 amide bonds. The van der Waals surface area contributed by atoms with Crippen molar-refractivity contribution in [2.45, 2.75) is 33.7 Å². The molecule has 0 bridgehead atoms. The Bertz CT molecular complexity index is 1090. The molecule has 4 aromatic rings. The lowest BCUT2D eigenvalue weighted by Gasteiger charge is -2.05. The average molecular weight is 322 g/mol. The molecule has 0 aliphatic carbocycles. The smallest absolute Gasteiger partial charge is 0.308 e. The maximum atomic E-state index is 11.5. The lowest BCUT2D eigenvalue weighted by Crippen LogP contribution is -2.02. The van der Waals surface area contributed by atoms with Crippen LogP contribution in [0.15, 0.2) is 30.5 Å². The number of aryl methyl sites for hydroxylation is 2. The number of nitrogens with zero attached hydrogens (tertiary/aromatic N) is 4. The van der Waals surface area contributed by atoms with Crippen LogP contribution in [0.5, 0.6) is 5.75 Å². The summed E-state index contributed by atoms with van der Waals surface area (Å²) >= 11 is 0. The van der Waals surface area contributed by atoms with Gasteiger partial charge in [0.25, 0.3) is 0 Å². The third-order valence-electron chi connectivity index (χ3n) is 4.11. The first-order valence-corrected chi connectivity index (χ1v) is 8.05. The summed E-state index contributed by atoms with van der Waals surface area (Å²) < 4.78 is 9.49. The van der Waals surface area contributed by atoms with E-state index < -0.39 is 0 Å². The van der Waals surface area contributed by atoms with Gasteiger partial charge < -0.3 is 9.30 Å². The number of carbonyl (C=O) groups is 1. The Balaban J connectivity index is 2.17. The number of benzene rings is 1. The van der Waals surface area contributed by atoms with Gasteiger partial charge in [-0.25, -0.2) is 9.97 Å². The molecule has 3 heterocycles. The van der Waals surface area contributed by atoms with Crippen LogP contribution < -0.4 is 4.74 Å². The highest BCUT2D eigenvalue weighted by Crippen LogP contribution is 2.33. The van der Waals surface area contributed by atoms with Crippen molar-refractivity contribution in [3.05, 3.63) is 36.3 Å². The molecule has 6 nitrogen and oxygen atoms in total. The van der Waals surface area contributed by atoms with Crippen LogP contribution >= 0.6 is 0 Å². The van der Waals surface area contributed by atoms with Gasteiger partial charge in [0.05, 0.1) is 11.0 Å². The molecule has 0 saturated carbocycles. The molecular weight excluding hydrogens is 304 g/mol. The number of hydrogen-bond donors (Lipinski definition) is 0. The summed E-state index contributed by atoms with van der Waals surface area (Å²) in [4.78, 5) is 21.1. The molecule has 0 spiro atoms. The lowest BCUT2D eigenvalue weighted by molar-refractivity contribution is -0.131. The monoisotopic (exact) mass is 322 g/mol. The van der Waals surface area contributed by atoms with Crippen molar-refractivity contribution < 1.29 is 9.53 Å². The van der Waals surface area contributed by atoms with E-state index in [1.165, 1.54) is 6.92 Å². The van der Waals surface area contributed by atoms with E-state index in [-0.39, 0.29) is 5.97 Å². The van der Waals surface area contributed by atoms with E-state index in [1.807, 2.05) is 46.4 Å². The number of para-hydroxylation sites is 2. The molecule has 0 N–H and O–H groups in total. The minimum absolute atomic E-state index is 0.347. The zero-order chi connectivity index (χ0) is 16.8. The topological polar surface area (TPSA) is 61.4 Å². The minimum Gasteiger partial charge on any atom is -0.424 e. The van der Waals surface area contributed by atoms with Gasteiger partial charge in [-0.1, -0.05) is 19.1 Å². The Morgan fingerprint density at radius 3 is 2.75 bits per heavy atom.